The third-order valence-electron chi connectivity index (χ3n) is 5.24. The van der Waals surface area contributed by atoms with Crippen LogP contribution in [0.15, 0.2) is 36.4 Å². The summed E-state index contributed by atoms with van der Waals surface area (Å²) in [5.41, 5.74) is 0.538. The molecule has 0 aliphatic rings. The van der Waals surface area contributed by atoms with E-state index in [1.807, 2.05) is 0 Å². The van der Waals surface area contributed by atoms with E-state index in [1.165, 1.54) is 25.1 Å². The molecule has 0 bridgehead atoms. The van der Waals surface area contributed by atoms with Gasteiger partial charge in [-0.15, -0.1) is 0 Å². The van der Waals surface area contributed by atoms with Crippen molar-refractivity contribution in [2.45, 2.75) is 46.0 Å². The number of hydrogen-bond donors (Lipinski definition) is 3. The molecule has 2 amide bonds. The van der Waals surface area contributed by atoms with Crippen molar-refractivity contribution in [2.24, 2.45) is 0 Å². The van der Waals surface area contributed by atoms with Crippen LogP contribution in [-0.2, 0) is 12.7 Å². The van der Waals surface area contributed by atoms with Crippen molar-refractivity contribution >= 4 is 29.1 Å². The van der Waals surface area contributed by atoms with Gasteiger partial charge in [-0.25, -0.2) is 9.67 Å². The largest absolute Gasteiger partial charge is 0.451 e. The lowest BCUT2D eigenvalue weighted by atomic mass is 10.0. The number of benzene rings is 2. The van der Waals surface area contributed by atoms with E-state index >= 15 is 0 Å². The van der Waals surface area contributed by atoms with Gasteiger partial charge >= 0.3 is 6.18 Å². The number of halogens is 4. The number of aliphatic hydroxyl groups is 1. The Hall–Kier alpha value is -3.44. The highest BCUT2D eigenvalue weighted by Crippen LogP contribution is 2.29. The molecular weight excluding hydrogens is 499 g/mol. The molecule has 3 N–H and O–H groups in total. The Bertz CT molecular complexity index is 1300. The van der Waals surface area contributed by atoms with Gasteiger partial charge in [0.1, 0.15) is 5.82 Å². The van der Waals surface area contributed by atoms with Crippen LogP contribution < -0.4 is 10.6 Å². The smallest absolute Gasteiger partial charge is 0.394 e. The summed E-state index contributed by atoms with van der Waals surface area (Å²) in [6.45, 7) is 5.81. The van der Waals surface area contributed by atoms with E-state index in [1.54, 1.807) is 39.0 Å². The Balaban J connectivity index is 1.84. The maximum Gasteiger partial charge on any atom is 0.451 e. The van der Waals surface area contributed by atoms with Crippen molar-refractivity contribution in [3.8, 4) is 0 Å². The summed E-state index contributed by atoms with van der Waals surface area (Å²) in [4.78, 5) is 29.3. The molecule has 1 heterocycles. The van der Waals surface area contributed by atoms with Crippen LogP contribution in [0.25, 0.3) is 0 Å². The van der Waals surface area contributed by atoms with E-state index in [2.05, 4.69) is 20.7 Å². The first kappa shape index (κ1) is 27.2. The van der Waals surface area contributed by atoms with Crippen LogP contribution in [-0.4, -0.2) is 43.8 Å². The SMILES string of the molecule is Cc1nc(C(F)(F)F)n(Cc2ccc(NC(=O)c3cccc(Cl)c3C(=O)NC(C)(C)CO)c(C)c2)n1. The monoisotopic (exact) mass is 523 g/mol. The molecule has 0 saturated carbocycles. The molecule has 12 heteroatoms. The molecule has 0 fully saturated rings. The topological polar surface area (TPSA) is 109 Å². The van der Waals surface area contributed by atoms with Gasteiger partial charge in [-0.3, -0.25) is 9.59 Å². The maximum atomic E-state index is 13.2. The summed E-state index contributed by atoms with van der Waals surface area (Å²) in [6, 6.07) is 9.19. The Morgan fingerprint density at radius 1 is 1.11 bits per heavy atom. The zero-order chi connectivity index (χ0) is 26.8. The molecule has 0 atom stereocenters. The lowest BCUT2D eigenvalue weighted by molar-refractivity contribution is -0.147. The van der Waals surface area contributed by atoms with Crippen LogP contribution in [0.4, 0.5) is 18.9 Å². The Labute approximate surface area is 210 Å². The number of nitrogens with one attached hydrogen (secondary N) is 2. The summed E-state index contributed by atoms with van der Waals surface area (Å²) >= 11 is 6.22. The van der Waals surface area contributed by atoms with E-state index < -0.39 is 29.4 Å². The average Bonchev–Trinajstić information content (AvgIpc) is 3.15. The zero-order valence-electron chi connectivity index (χ0n) is 20.0. The summed E-state index contributed by atoms with van der Waals surface area (Å²) in [5, 5.41) is 18.7. The number of carbonyl (C=O) groups is 2. The third-order valence-corrected chi connectivity index (χ3v) is 5.55. The van der Waals surface area contributed by atoms with Crippen LogP contribution in [0.1, 0.15) is 57.3 Å². The third kappa shape index (κ3) is 6.21. The molecule has 3 rings (SSSR count). The van der Waals surface area contributed by atoms with Gasteiger partial charge in [0, 0.05) is 5.69 Å². The molecule has 36 heavy (non-hydrogen) atoms. The number of nitrogens with zero attached hydrogens (tertiary/aromatic N) is 3. The predicted molar refractivity (Wildman–Crippen MR) is 128 cm³/mol. The van der Waals surface area contributed by atoms with Crippen LogP contribution in [0.2, 0.25) is 5.02 Å². The molecule has 0 aliphatic carbocycles. The molecule has 8 nitrogen and oxygen atoms in total. The fourth-order valence-corrected chi connectivity index (χ4v) is 3.72. The molecule has 0 spiro atoms. The van der Waals surface area contributed by atoms with E-state index in [9.17, 15) is 27.9 Å². The standard InChI is InChI=1S/C24H25ClF3N5O3/c1-13-10-15(11-33-22(24(26,27)28)29-14(2)32-33)8-9-18(13)30-20(35)16-6-5-7-17(25)19(16)21(36)31-23(3,4)12-34/h5-10,34H,11-12H2,1-4H3,(H,30,35)(H,31,36). The van der Waals surface area contributed by atoms with E-state index in [-0.39, 0.29) is 35.1 Å². The highest BCUT2D eigenvalue weighted by atomic mass is 35.5. The van der Waals surface area contributed by atoms with Crippen molar-refractivity contribution < 1.29 is 27.9 Å². The second-order valence-corrected chi connectivity index (χ2v) is 9.31. The fourth-order valence-electron chi connectivity index (χ4n) is 3.46. The highest BCUT2D eigenvalue weighted by Gasteiger charge is 2.37. The van der Waals surface area contributed by atoms with Gasteiger partial charge < -0.3 is 15.7 Å². The van der Waals surface area contributed by atoms with Gasteiger partial charge in [-0.05, 0) is 57.0 Å². The first-order valence-electron chi connectivity index (χ1n) is 10.8. The van der Waals surface area contributed by atoms with Gasteiger partial charge in [0.2, 0.25) is 5.82 Å². The van der Waals surface area contributed by atoms with Crippen molar-refractivity contribution in [3.63, 3.8) is 0 Å². The van der Waals surface area contributed by atoms with Crippen molar-refractivity contribution in [2.75, 3.05) is 11.9 Å². The van der Waals surface area contributed by atoms with Crippen molar-refractivity contribution in [1.82, 2.24) is 20.1 Å². The summed E-state index contributed by atoms with van der Waals surface area (Å²) in [5.74, 6) is -2.31. The number of alkyl halides is 3. The minimum atomic E-state index is -4.64. The Kier molecular flexibility index (Phi) is 7.75. The number of rotatable bonds is 7. The van der Waals surface area contributed by atoms with Crippen molar-refractivity contribution in [3.05, 3.63) is 75.3 Å². The van der Waals surface area contributed by atoms with Gasteiger partial charge in [0.15, 0.2) is 0 Å². The minimum absolute atomic E-state index is 0.00618. The number of aromatic nitrogens is 3. The minimum Gasteiger partial charge on any atom is -0.394 e. The van der Waals surface area contributed by atoms with Crippen LogP contribution in [0, 0.1) is 13.8 Å². The second kappa shape index (κ2) is 10.3. The van der Waals surface area contributed by atoms with E-state index in [0.717, 1.165) is 4.68 Å². The van der Waals surface area contributed by atoms with Crippen LogP contribution in [0.3, 0.4) is 0 Å². The molecule has 0 radical (unpaired) electrons. The van der Waals surface area contributed by atoms with Gasteiger partial charge in [-0.1, -0.05) is 29.8 Å². The summed E-state index contributed by atoms with van der Waals surface area (Å²) < 4.78 is 40.4. The highest BCUT2D eigenvalue weighted by molar-refractivity contribution is 6.35. The predicted octanol–water partition coefficient (Wildman–Crippen LogP) is 4.37. The molecule has 0 aliphatic heterocycles. The number of amides is 2. The first-order chi connectivity index (χ1) is 16.7. The summed E-state index contributed by atoms with van der Waals surface area (Å²) in [7, 11) is 0. The molecule has 0 saturated heterocycles. The average molecular weight is 524 g/mol. The lowest BCUT2D eigenvalue weighted by Gasteiger charge is -2.24. The number of carbonyl (C=O) groups excluding carboxylic acids is 2. The van der Waals surface area contributed by atoms with Gasteiger partial charge in [0.05, 0.1) is 34.8 Å². The molecule has 3 aromatic rings. The molecule has 1 aromatic heterocycles. The number of aliphatic hydroxyl groups excluding tert-OH is 1. The quantitative estimate of drug-likeness (QED) is 0.426. The Morgan fingerprint density at radius 3 is 2.42 bits per heavy atom. The molecule has 0 unspecified atom stereocenters. The first-order valence-corrected chi connectivity index (χ1v) is 11.2. The summed E-state index contributed by atoms with van der Waals surface area (Å²) in [6.07, 6.45) is -4.64. The van der Waals surface area contributed by atoms with Crippen LogP contribution >= 0.6 is 11.6 Å². The fraction of sp³-hybridized carbons (Fsp3) is 0.333. The number of anilines is 1. The van der Waals surface area contributed by atoms with Gasteiger partial charge in [0.25, 0.3) is 11.8 Å². The second-order valence-electron chi connectivity index (χ2n) is 8.90. The number of hydrogen-bond acceptors (Lipinski definition) is 5. The van der Waals surface area contributed by atoms with Crippen LogP contribution in [0.5, 0.6) is 0 Å². The Morgan fingerprint density at radius 2 is 1.81 bits per heavy atom. The normalized spacial score (nSPS) is 11.9. The maximum absolute atomic E-state index is 13.2. The zero-order valence-corrected chi connectivity index (χ0v) is 20.8. The van der Waals surface area contributed by atoms with Crippen molar-refractivity contribution in [1.29, 1.82) is 0 Å². The number of aryl methyl sites for hydroxylation is 2. The lowest BCUT2D eigenvalue weighted by Crippen LogP contribution is -2.46. The van der Waals surface area contributed by atoms with E-state index in [4.69, 9.17) is 11.6 Å². The molecule has 192 valence electrons. The molecule has 2 aromatic carbocycles. The van der Waals surface area contributed by atoms with E-state index in [0.29, 0.717) is 16.8 Å². The van der Waals surface area contributed by atoms with Gasteiger partial charge in [-0.2, -0.15) is 18.3 Å². The molecular formula is C24H25ClF3N5O3.